The van der Waals surface area contributed by atoms with Crippen LogP contribution in [0.1, 0.15) is 22.4 Å². The predicted octanol–water partition coefficient (Wildman–Crippen LogP) is 5.68. The first-order chi connectivity index (χ1) is 13.3. The Bertz CT molecular complexity index is 1190. The topological polar surface area (TPSA) is 42.7 Å². The van der Waals surface area contributed by atoms with Crippen LogP contribution in [-0.2, 0) is 0 Å². The number of anilines is 2. The molecule has 0 aliphatic heterocycles. The van der Waals surface area contributed by atoms with Crippen molar-refractivity contribution < 1.29 is 8.78 Å². The van der Waals surface area contributed by atoms with Crippen LogP contribution in [0, 0.1) is 39.3 Å². The van der Waals surface area contributed by atoms with E-state index < -0.39 is 11.6 Å². The number of aryl methyl sites for hydroxylation is 3. The molecule has 4 nitrogen and oxygen atoms in total. The van der Waals surface area contributed by atoms with Crippen LogP contribution in [0.3, 0.4) is 0 Å². The Balaban J connectivity index is 1.90. The normalized spacial score (nSPS) is 11.2. The molecule has 2 aromatic carbocycles. The highest BCUT2D eigenvalue weighted by molar-refractivity contribution is 5.94. The number of rotatable bonds is 3. The molecule has 0 aliphatic rings. The lowest BCUT2D eigenvalue weighted by molar-refractivity contribution is 0.581. The van der Waals surface area contributed by atoms with Crippen LogP contribution in [0.15, 0.2) is 42.7 Å². The average Bonchev–Trinajstić information content (AvgIpc) is 2.89. The van der Waals surface area contributed by atoms with E-state index in [1.165, 1.54) is 29.6 Å². The zero-order valence-corrected chi connectivity index (χ0v) is 16.1. The summed E-state index contributed by atoms with van der Waals surface area (Å²) in [5.41, 5.74) is 6.10. The summed E-state index contributed by atoms with van der Waals surface area (Å²) in [5.74, 6) is -0.600. The van der Waals surface area contributed by atoms with Gasteiger partial charge in [0, 0.05) is 17.4 Å². The molecule has 1 N–H and O–H groups in total. The SMILES string of the molecule is Cc1ccc(Nc2ncnc3c2c(C)c(C)n3-c2cc(F)cc(F)c2)cc1C. The molecule has 4 aromatic rings. The number of halogens is 2. The number of nitrogens with one attached hydrogen (secondary N) is 1. The third-order valence-corrected chi connectivity index (χ3v) is 5.17. The van der Waals surface area contributed by atoms with Crippen LogP contribution in [0.25, 0.3) is 16.7 Å². The second-order valence-electron chi connectivity index (χ2n) is 7.02. The van der Waals surface area contributed by atoms with E-state index in [1.54, 1.807) is 4.57 Å². The summed E-state index contributed by atoms with van der Waals surface area (Å²) >= 11 is 0. The van der Waals surface area contributed by atoms with Crippen molar-refractivity contribution in [3.05, 3.63) is 76.7 Å². The van der Waals surface area contributed by atoms with Gasteiger partial charge in [-0.1, -0.05) is 6.07 Å². The molecular formula is C22H20F2N4. The van der Waals surface area contributed by atoms with Crippen molar-refractivity contribution in [2.75, 3.05) is 5.32 Å². The van der Waals surface area contributed by atoms with Gasteiger partial charge in [-0.15, -0.1) is 0 Å². The highest BCUT2D eigenvalue weighted by atomic mass is 19.1. The molecule has 2 aromatic heterocycles. The summed E-state index contributed by atoms with van der Waals surface area (Å²) < 4.78 is 29.3. The molecule has 0 spiro atoms. The van der Waals surface area contributed by atoms with E-state index in [9.17, 15) is 8.78 Å². The predicted molar refractivity (Wildman–Crippen MR) is 107 cm³/mol. The molecule has 0 bridgehead atoms. The third kappa shape index (κ3) is 3.01. The molecule has 0 saturated carbocycles. The monoisotopic (exact) mass is 378 g/mol. The first-order valence-corrected chi connectivity index (χ1v) is 8.98. The van der Waals surface area contributed by atoms with E-state index in [4.69, 9.17) is 0 Å². The van der Waals surface area contributed by atoms with Crippen molar-refractivity contribution in [2.24, 2.45) is 0 Å². The smallest absolute Gasteiger partial charge is 0.150 e. The van der Waals surface area contributed by atoms with Crippen molar-refractivity contribution in [1.29, 1.82) is 0 Å². The molecule has 0 amide bonds. The highest BCUT2D eigenvalue weighted by Gasteiger charge is 2.18. The molecule has 142 valence electrons. The maximum atomic E-state index is 13.8. The number of nitrogens with zero attached hydrogens (tertiary/aromatic N) is 3. The van der Waals surface area contributed by atoms with Gasteiger partial charge in [-0.25, -0.2) is 18.7 Å². The molecule has 0 atom stereocenters. The number of hydrogen-bond acceptors (Lipinski definition) is 3. The Morgan fingerprint density at radius 3 is 2.25 bits per heavy atom. The lowest BCUT2D eigenvalue weighted by atomic mass is 10.1. The van der Waals surface area contributed by atoms with Crippen molar-refractivity contribution in [2.45, 2.75) is 27.7 Å². The van der Waals surface area contributed by atoms with Gasteiger partial charge in [-0.3, -0.25) is 4.57 Å². The molecule has 6 heteroatoms. The van der Waals surface area contributed by atoms with Crippen molar-refractivity contribution in [3.63, 3.8) is 0 Å². The summed E-state index contributed by atoms with van der Waals surface area (Å²) in [4.78, 5) is 8.81. The summed E-state index contributed by atoms with van der Waals surface area (Å²) in [6.07, 6.45) is 1.46. The summed E-state index contributed by atoms with van der Waals surface area (Å²) in [6.45, 7) is 7.98. The Hall–Kier alpha value is -3.28. The van der Waals surface area contributed by atoms with Crippen LogP contribution < -0.4 is 5.32 Å². The van der Waals surface area contributed by atoms with E-state index in [1.807, 2.05) is 19.9 Å². The molecule has 4 rings (SSSR count). The zero-order valence-electron chi connectivity index (χ0n) is 16.1. The lowest BCUT2D eigenvalue weighted by Gasteiger charge is -2.10. The fourth-order valence-electron chi connectivity index (χ4n) is 3.43. The lowest BCUT2D eigenvalue weighted by Crippen LogP contribution is -2.01. The number of hydrogen-bond donors (Lipinski definition) is 1. The standard InChI is InChI=1S/C22H20F2N4/c1-12-5-6-18(7-13(12)2)27-21-20-14(3)15(4)28(22(20)26-11-25-21)19-9-16(23)8-17(24)10-19/h5-11H,1-4H3,(H,25,26,27). The van der Waals surface area contributed by atoms with E-state index in [2.05, 4.69) is 41.3 Å². The second kappa shape index (κ2) is 6.71. The Morgan fingerprint density at radius 1 is 0.857 bits per heavy atom. The molecule has 0 saturated heterocycles. The minimum atomic E-state index is -0.628. The van der Waals surface area contributed by atoms with Gasteiger partial charge in [0.25, 0.3) is 0 Å². The fraction of sp³-hybridized carbons (Fsp3) is 0.182. The van der Waals surface area contributed by atoms with Crippen molar-refractivity contribution in [1.82, 2.24) is 14.5 Å². The van der Waals surface area contributed by atoms with Gasteiger partial charge in [0.15, 0.2) is 5.65 Å². The Kier molecular flexibility index (Phi) is 4.34. The van der Waals surface area contributed by atoms with Gasteiger partial charge >= 0.3 is 0 Å². The zero-order chi connectivity index (χ0) is 20.0. The quantitative estimate of drug-likeness (QED) is 0.499. The molecule has 0 unspecified atom stereocenters. The van der Waals surface area contributed by atoms with Gasteiger partial charge in [-0.2, -0.15) is 0 Å². The van der Waals surface area contributed by atoms with E-state index in [0.29, 0.717) is 17.2 Å². The Morgan fingerprint density at radius 2 is 1.57 bits per heavy atom. The highest BCUT2D eigenvalue weighted by Crippen LogP contribution is 2.33. The van der Waals surface area contributed by atoms with Gasteiger partial charge < -0.3 is 5.32 Å². The molecule has 28 heavy (non-hydrogen) atoms. The number of fused-ring (bicyclic) bond motifs is 1. The molecule has 0 aliphatic carbocycles. The van der Waals surface area contributed by atoms with Gasteiger partial charge in [0.1, 0.15) is 23.8 Å². The van der Waals surface area contributed by atoms with Crippen LogP contribution in [0.5, 0.6) is 0 Å². The van der Waals surface area contributed by atoms with Gasteiger partial charge in [-0.05, 0) is 68.7 Å². The van der Waals surface area contributed by atoms with E-state index >= 15 is 0 Å². The second-order valence-corrected chi connectivity index (χ2v) is 7.02. The molecule has 2 heterocycles. The summed E-state index contributed by atoms with van der Waals surface area (Å²) in [6, 6.07) is 9.57. The van der Waals surface area contributed by atoms with Crippen molar-refractivity contribution >= 4 is 22.5 Å². The maximum Gasteiger partial charge on any atom is 0.150 e. The molecule has 0 fully saturated rings. The van der Waals surface area contributed by atoms with Crippen LogP contribution in [-0.4, -0.2) is 14.5 Å². The minimum absolute atomic E-state index is 0.393. The third-order valence-electron chi connectivity index (χ3n) is 5.17. The fourth-order valence-corrected chi connectivity index (χ4v) is 3.43. The summed E-state index contributed by atoms with van der Waals surface area (Å²) in [7, 11) is 0. The van der Waals surface area contributed by atoms with E-state index in [0.717, 1.165) is 28.4 Å². The van der Waals surface area contributed by atoms with Crippen molar-refractivity contribution in [3.8, 4) is 5.69 Å². The van der Waals surface area contributed by atoms with Crippen LogP contribution in [0.4, 0.5) is 20.3 Å². The summed E-state index contributed by atoms with van der Waals surface area (Å²) in [5, 5.41) is 4.18. The van der Waals surface area contributed by atoms with E-state index in [-0.39, 0.29) is 0 Å². The minimum Gasteiger partial charge on any atom is -0.340 e. The number of aromatic nitrogens is 3. The first-order valence-electron chi connectivity index (χ1n) is 8.98. The molecule has 0 radical (unpaired) electrons. The average molecular weight is 378 g/mol. The first kappa shape index (κ1) is 18.1. The largest absolute Gasteiger partial charge is 0.340 e. The molecular weight excluding hydrogens is 358 g/mol. The Labute approximate surface area is 161 Å². The number of benzene rings is 2. The van der Waals surface area contributed by atoms with Gasteiger partial charge in [0.2, 0.25) is 0 Å². The maximum absolute atomic E-state index is 13.8. The van der Waals surface area contributed by atoms with Crippen LogP contribution in [0.2, 0.25) is 0 Å². The van der Waals surface area contributed by atoms with Gasteiger partial charge in [0.05, 0.1) is 11.1 Å². The van der Waals surface area contributed by atoms with Crippen LogP contribution >= 0.6 is 0 Å².